The van der Waals surface area contributed by atoms with Gasteiger partial charge in [0.2, 0.25) is 5.92 Å². The molecule has 0 saturated heterocycles. The van der Waals surface area contributed by atoms with Crippen LogP contribution in [0.3, 0.4) is 0 Å². The molecule has 0 aromatic carbocycles. The van der Waals surface area contributed by atoms with Crippen LogP contribution < -0.4 is 0 Å². The third kappa shape index (κ3) is 5.58. The van der Waals surface area contributed by atoms with Crippen LogP contribution in [0.5, 0.6) is 0 Å². The maximum Gasteiger partial charge on any atom is -0.358 e. The predicted octanol–water partition coefficient (Wildman–Crippen LogP) is 1.42. The van der Waals surface area contributed by atoms with E-state index in [0.717, 1.165) is 0 Å². The molecule has 0 fully saturated rings. The minimum Gasteiger partial charge on any atom is -0.358 e. The van der Waals surface area contributed by atoms with Crippen LogP contribution in [-0.2, 0) is 18.1 Å². The molecule has 0 atom stereocenters. The minimum atomic E-state index is -5.25. The smallest absolute Gasteiger partial charge is 0.358 e. The van der Waals surface area contributed by atoms with E-state index in [1.807, 2.05) is 0 Å². The minimum absolute atomic E-state index is 0. The van der Waals surface area contributed by atoms with Gasteiger partial charge >= 0.3 is 23.2 Å². The molecule has 8 heteroatoms. The van der Waals surface area contributed by atoms with E-state index in [-0.39, 0.29) is 7.43 Å². The second-order valence-electron chi connectivity index (χ2n) is 1.72. The molecule has 84 valence electrons. The average Bonchev–Trinajstić information content (AvgIpc) is 1.89. The molecule has 0 unspecified atom stereocenters. The molecule has 0 aromatic heterocycles. The normalized spacial score (nSPS) is 11.7. The van der Waals surface area contributed by atoms with Gasteiger partial charge in [0, 0.05) is 0 Å². The first-order valence-electron chi connectivity index (χ1n) is 2.38. The molecule has 0 aliphatic heterocycles. The molecule has 0 spiro atoms. The Kier molecular flexibility index (Phi) is 9.79. The second-order valence-corrected chi connectivity index (χ2v) is 2.98. The van der Waals surface area contributed by atoms with Gasteiger partial charge in [-0.15, -0.1) is 0 Å². The van der Waals surface area contributed by atoms with Crippen LogP contribution in [0, 0.1) is 13.9 Å². The largest absolute Gasteiger partial charge is 0.358 e. The Balaban J connectivity index is -0.000000309. The summed E-state index contributed by atoms with van der Waals surface area (Å²) in [5.41, 5.74) is -4.56. The van der Waals surface area contributed by atoms with Crippen molar-refractivity contribution < 1.29 is 44.5 Å². The molecule has 0 saturated carbocycles. The summed E-state index contributed by atoms with van der Waals surface area (Å²) in [6, 6.07) is 0. The van der Waals surface area contributed by atoms with Crippen LogP contribution in [-0.4, -0.2) is 26.8 Å². The molecule has 0 aliphatic carbocycles. The fourth-order valence-corrected chi connectivity index (χ4v) is 0.355. The van der Waals surface area contributed by atoms with Crippen molar-refractivity contribution in [1.82, 2.24) is 0 Å². The van der Waals surface area contributed by atoms with Crippen molar-refractivity contribution in [1.29, 1.82) is 0 Å². The van der Waals surface area contributed by atoms with Crippen LogP contribution in [0.4, 0.5) is 26.3 Å². The van der Waals surface area contributed by atoms with Gasteiger partial charge in [-0.1, -0.05) is 0 Å². The Hall–Kier alpha value is 0.303. The maximum atomic E-state index is 11.6. The first kappa shape index (κ1) is 19.0. The summed E-state index contributed by atoms with van der Waals surface area (Å²) in [4.78, 5) is 0. The summed E-state index contributed by atoms with van der Waals surface area (Å²) in [6.07, 6.45) is -3.53. The van der Waals surface area contributed by atoms with Crippen molar-refractivity contribution >= 4 is 15.3 Å². The molecule has 0 heterocycles. The van der Waals surface area contributed by atoms with Crippen molar-refractivity contribution in [3.8, 4) is 0 Å². The molecular formula is C5H8F6OsSi-2. The van der Waals surface area contributed by atoms with Crippen molar-refractivity contribution in [2.75, 3.05) is 0 Å². The molecule has 0 rings (SSSR count). The first-order valence-corrected chi connectivity index (χ1v) is 5.18. The van der Waals surface area contributed by atoms with Gasteiger partial charge in [0.05, 0.1) is 16.7 Å². The second kappa shape index (κ2) is 6.71. The Morgan fingerprint density at radius 3 is 1.31 bits per heavy atom. The van der Waals surface area contributed by atoms with E-state index in [1.54, 1.807) is 18.1 Å². The third-order valence-corrected chi connectivity index (χ3v) is 1.42. The molecule has 0 aliphatic rings. The van der Waals surface area contributed by atoms with Gasteiger partial charge in [0.25, 0.3) is 5.55 Å². The van der Waals surface area contributed by atoms with Gasteiger partial charge in [-0.25, -0.2) is 17.6 Å². The van der Waals surface area contributed by atoms with E-state index in [1.165, 1.54) is 0 Å². The number of hydrogen-bond acceptors (Lipinski definition) is 0. The van der Waals surface area contributed by atoms with Crippen LogP contribution in [0.1, 0.15) is 0 Å². The molecule has 0 aromatic rings. The zero-order valence-corrected chi connectivity index (χ0v) is 11.4. The van der Waals surface area contributed by atoms with Crippen molar-refractivity contribution in [3.63, 3.8) is 0 Å². The Morgan fingerprint density at radius 2 is 1.31 bits per heavy atom. The van der Waals surface area contributed by atoms with Crippen molar-refractivity contribution in [3.05, 3.63) is 13.9 Å². The molecular weight excluding hydrogens is 392 g/mol. The predicted molar refractivity (Wildman–Crippen MR) is 38.8 cm³/mol. The molecule has 0 bridgehead atoms. The van der Waals surface area contributed by atoms with Crippen molar-refractivity contribution in [2.24, 2.45) is 0 Å². The summed E-state index contributed by atoms with van der Waals surface area (Å²) in [6.45, 7) is 0. The standard InChI is InChI=1S/C3H3F6Si.CH3.CH2.Os/c4-1(5)2(6,7)3(8,9)10;;;/h10H3;1H3;1H2;/q2*-1;;. The fourth-order valence-electron chi connectivity index (χ4n) is 0.166. The molecule has 0 N–H and O–H groups in total. The number of rotatable bonds is 2. The number of alkyl halides is 4. The summed E-state index contributed by atoms with van der Waals surface area (Å²) >= 11 is 1.61. The summed E-state index contributed by atoms with van der Waals surface area (Å²) in [7, 11) is -1.30. The van der Waals surface area contributed by atoms with Gasteiger partial charge < -0.3 is 16.2 Å². The molecule has 0 radical (unpaired) electrons. The quantitative estimate of drug-likeness (QED) is 0.374. The van der Waals surface area contributed by atoms with E-state index in [2.05, 4.69) is 5.07 Å². The van der Waals surface area contributed by atoms with Gasteiger partial charge in [0.15, 0.2) is 0 Å². The maximum absolute atomic E-state index is 11.6. The zero-order chi connectivity index (χ0) is 10.6. The van der Waals surface area contributed by atoms with Gasteiger partial charge in [0.1, 0.15) is 0 Å². The van der Waals surface area contributed by atoms with Gasteiger partial charge in [-0.2, -0.15) is 0 Å². The van der Waals surface area contributed by atoms with E-state index >= 15 is 0 Å². The first-order chi connectivity index (χ1) is 5.19. The molecule has 13 heavy (non-hydrogen) atoms. The van der Waals surface area contributed by atoms with E-state index < -0.39 is 28.1 Å². The average molecular weight is 400 g/mol. The Labute approximate surface area is 85.6 Å². The van der Waals surface area contributed by atoms with Crippen LogP contribution in [0.15, 0.2) is 0 Å². The summed E-state index contributed by atoms with van der Waals surface area (Å²) in [5, 5.41) is 3.28. The number of halogens is 6. The SMILES string of the molecule is F[C-](F)C(F)(F)C(F)(F)[SiH3].[CH2]=[Os].[CH3-]. The van der Waals surface area contributed by atoms with Gasteiger partial charge in [-0.05, 0) is 0 Å². The summed E-state index contributed by atoms with van der Waals surface area (Å²) < 4.78 is 68.3. The molecule has 0 amide bonds. The topological polar surface area (TPSA) is 0 Å². The van der Waals surface area contributed by atoms with Crippen molar-refractivity contribution in [2.45, 2.75) is 11.5 Å². The molecule has 0 nitrogen and oxygen atoms in total. The fraction of sp³-hybridized carbons (Fsp3) is 0.400. The van der Waals surface area contributed by atoms with E-state index in [4.69, 9.17) is 0 Å². The van der Waals surface area contributed by atoms with Crippen LogP contribution >= 0.6 is 0 Å². The number of hydrogen-bond donors (Lipinski definition) is 0. The van der Waals surface area contributed by atoms with Crippen LogP contribution in [0.2, 0.25) is 0 Å². The summed E-state index contributed by atoms with van der Waals surface area (Å²) in [5.74, 6) is -5.25. The zero-order valence-electron chi connectivity index (χ0n) is 6.83. The monoisotopic (exact) mass is 402 g/mol. The third-order valence-electron chi connectivity index (χ3n) is 0.789. The van der Waals surface area contributed by atoms with E-state index in [0.29, 0.717) is 0 Å². The van der Waals surface area contributed by atoms with Crippen LogP contribution in [0.25, 0.3) is 0 Å². The Morgan fingerprint density at radius 1 is 1.08 bits per heavy atom. The Bertz CT molecular complexity index is 133. The van der Waals surface area contributed by atoms with E-state index in [9.17, 15) is 26.3 Å². The van der Waals surface area contributed by atoms with Gasteiger partial charge in [-0.3, -0.25) is 0 Å².